The first-order valence-electron chi connectivity index (χ1n) is 5.43. The third-order valence-electron chi connectivity index (χ3n) is 2.90. The van der Waals surface area contributed by atoms with Crippen molar-refractivity contribution in [2.45, 2.75) is 18.9 Å². The van der Waals surface area contributed by atoms with Crippen LogP contribution in [0, 0.1) is 0 Å². The second-order valence-corrected chi connectivity index (χ2v) is 4.09. The molecule has 1 fully saturated rings. The smallest absolute Gasteiger partial charge is 0.267 e. The lowest BCUT2D eigenvalue weighted by Crippen LogP contribution is -2.39. The molecule has 0 unspecified atom stereocenters. The number of amides is 1. The second-order valence-electron chi connectivity index (χ2n) is 4.09. The summed E-state index contributed by atoms with van der Waals surface area (Å²) < 4.78 is 0. The van der Waals surface area contributed by atoms with Crippen molar-refractivity contribution in [2.24, 2.45) is 11.5 Å². The molecule has 0 atom stereocenters. The van der Waals surface area contributed by atoms with Crippen LogP contribution in [0.3, 0.4) is 0 Å². The summed E-state index contributed by atoms with van der Waals surface area (Å²) >= 11 is 0. The third-order valence-corrected chi connectivity index (χ3v) is 2.90. The standard InChI is InChI=1S/C11H16N4O/c12-8-2-5-15(6-3-8)9-1-4-14-10(7-9)11(13)16/h1,4,7-8H,2-3,5-6,12H2,(H2,13,16). The minimum atomic E-state index is -0.490. The summed E-state index contributed by atoms with van der Waals surface area (Å²) in [6, 6.07) is 3.93. The highest BCUT2D eigenvalue weighted by atomic mass is 16.1. The number of anilines is 1. The van der Waals surface area contributed by atoms with Crippen molar-refractivity contribution in [1.82, 2.24) is 4.98 Å². The number of hydrogen-bond acceptors (Lipinski definition) is 4. The summed E-state index contributed by atoms with van der Waals surface area (Å²) in [6.45, 7) is 1.84. The number of rotatable bonds is 2. The van der Waals surface area contributed by atoms with Gasteiger partial charge in [-0.15, -0.1) is 0 Å². The molecular formula is C11H16N4O. The van der Waals surface area contributed by atoms with E-state index < -0.39 is 5.91 Å². The van der Waals surface area contributed by atoms with E-state index in [4.69, 9.17) is 11.5 Å². The predicted octanol–water partition coefficient (Wildman–Crippen LogP) is 0.108. The molecule has 1 aliphatic rings. The molecular weight excluding hydrogens is 204 g/mol. The van der Waals surface area contributed by atoms with Crippen LogP contribution in [-0.2, 0) is 0 Å². The van der Waals surface area contributed by atoms with E-state index in [9.17, 15) is 4.79 Å². The number of hydrogen-bond donors (Lipinski definition) is 2. The molecule has 0 aliphatic carbocycles. The molecule has 1 aromatic rings. The van der Waals surface area contributed by atoms with Crippen LogP contribution < -0.4 is 16.4 Å². The number of pyridine rings is 1. The van der Waals surface area contributed by atoms with Crippen molar-refractivity contribution in [2.75, 3.05) is 18.0 Å². The maximum atomic E-state index is 11.0. The van der Waals surface area contributed by atoms with Crippen LogP contribution in [0.15, 0.2) is 18.3 Å². The molecule has 0 bridgehead atoms. The van der Waals surface area contributed by atoms with Crippen LogP contribution in [0.5, 0.6) is 0 Å². The Morgan fingerprint density at radius 3 is 2.75 bits per heavy atom. The summed E-state index contributed by atoms with van der Waals surface area (Å²) in [7, 11) is 0. The summed E-state index contributed by atoms with van der Waals surface area (Å²) in [4.78, 5) is 17.1. The molecule has 5 heteroatoms. The number of nitrogens with two attached hydrogens (primary N) is 2. The number of carbonyl (C=O) groups is 1. The molecule has 2 heterocycles. The summed E-state index contributed by atoms with van der Waals surface area (Å²) in [6.07, 6.45) is 3.58. The number of piperidine rings is 1. The molecule has 5 nitrogen and oxygen atoms in total. The maximum absolute atomic E-state index is 11.0. The lowest BCUT2D eigenvalue weighted by Gasteiger charge is -2.32. The van der Waals surface area contributed by atoms with Gasteiger partial charge in [0.25, 0.3) is 5.91 Å². The summed E-state index contributed by atoms with van der Waals surface area (Å²) in [5.41, 5.74) is 12.3. The highest BCUT2D eigenvalue weighted by Gasteiger charge is 2.17. The fourth-order valence-electron chi connectivity index (χ4n) is 1.91. The van der Waals surface area contributed by atoms with Gasteiger partial charge in [-0.1, -0.05) is 0 Å². The fourth-order valence-corrected chi connectivity index (χ4v) is 1.91. The van der Waals surface area contributed by atoms with Gasteiger partial charge < -0.3 is 16.4 Å². The molecule has 1 amide bonds. The van der Waals surface area contributed by atoms with Gasteiger partial charge in [0, 0.05) is 31.0 Å². The molecule has 86 valence electrons. The van der Waals surface area contributed by atoms with E-state index in [1.807, 2.05) is 6.07 Å². The highest BCUT2D eigenvalue weighted by Crippen LogP contribution is 2.19. The Morgan fingerprint density at radius 2 is 2.12 bits per heavy atom. The molecule has 0 saturated carbocycles. The summed E-state index contributed by atoms with van der Waals surface area (Å²) in [5.74, 6) is -0.490. The molecule has 16 heavy (non-hydrogen) atoms. The van der Waals surface area contributed by atoms with E-state index in [0.29, 0.717) is 11.7 Å². The van der Waals surface area contributed by atoms with E-state index in [1.54, 1.807) is 12.3 Å². The zero-order valence-electron chi connectivity index (χ0n) is 9.10. The largest absolute Gasteiger partial charge is 0.371 e. The van der Waals surface area contributed by atoms with Gasteiger partial charge in [-0.3, -0.25) is 9.78 Å². The molecule has 0 spiro atoms. The van der Waals surface area contributed by atoms with Gasteiger partial charge in [-0.25, -0.2) is 0 Å². The monoisotopic (exact) mass is 220 g/mol. The first-order chi connectivity index (χ1) is 7.66. The van der Waals surface area contributed by atoms with E-state index in [0.717, 1.165) is 31.6 Å². The first-order valence-corrected chi connectivity index (χ1v) is 5.43. The topological polar surface area (TPSA) is 85.2 Å². The van der Waals surface area contributed by atoms with Crippen LogP contribution in [0.25, 0.3) is 0 Å². The number of aromatic nitrogens is 1. The molecule has 0 radical (unpaired) electrons. The Bertz CT molecular complexity index is 385. The van der Waals surface area contributed by atoms with Crippen molar-refractivity contribution >= 4 is 11.6 Å². The minimum absolute atomic E-state index is 0.300. The van der Waals surface area contributed by atoms with Gasteiger partial charge in [0.1, 0.15) is 5.69 Å². The van der Waals surface area contributed by atoms with Gasteiger partial charge in [0.15, 0.2) is 0 Å². The van der Waals surface area contributed by atoms with Crippen molar-refractivity contribution < 1.29 is 4.79 Å². The number of primary amides is 1. The van der Waals surface area contributed by atoms with Gasteiger partial charge >= 0.3 is 0 Å². The lowest BCUT2D eigenvalue weighted by atomic mass is 10.1. The van der Waals surface area contributed by atoms with Crippen LogP contribution in [-0.4, -0.2) is 30.0 Å². The average molecular weight is 220 g/mol. The van der Waals surface area contributed by atoms with Crippen molar-refractivity contribution in [1.29, 1.82) is 0 Å². The zero-order valence-corrected chi connectivity index (χ0v) is 9.10. The second kappa shape index (κ2) is 4.49. The Labute approximate surface area is 94.4 Å². The van der Waals surface area contributed by atoms with Gasteiger partial charge in [0.05, 0.1) is 0 Å². The van der Waals surface area contributed by atoms with Crippen molar-refractivity contribution in [3.8, 4) is 0 Å². The lowest BCUT2D eigenvalue weighted by molar-refractivity contribution is 0.0995. The molecule has 0 aromatic carbocycles. The Morgan fingerprint density at radius 1 is 1.44 bits per heavy atom. The SMILES string of the molecule is NC(=O)c1cc(N2CCC(N)CC2)ccn1. The Kier molecular flexibility index (Phi) is 3.05. The third kappa shape index (κ3) is 2.30. The first kappa shape index (κ1) is 10.9. The van der Waals surface area contributed by atoms with E-state index >= 15 is 0 Å². The number of carbonyl (C=O) groups excluding carboxylic acids is 1. The maximum Gasteiger partial charge on any atom is 0.267 e. The minimum Gasteiger partial charge on any atom is -0.371 e. The summed E-state index contributed by atoms with van der Waals surface area (Å²) in [5, 5.41) is 0. The average Bonchev–Trinajstić information content (AvgIpc) is 2.30. The molecule has 1 saturated heterocycles. The molecule has 4 N–H and O–H groups in total. The molecule has 1 aliphatic heterocycles. The quantitative estimate of drug-likeness (QED) is 0.740. The van der Waals surface area contributed by atoms with Crippen LogP contribution in [0.4, 0.5) is 5.69 Å². The fraction of sp³-hybridized carbons (Fsp3) is 0.455. The van der Waals surface area contributed by atoms with Crippen LogP contribution in [0.2, 0.25) is 0 Å². The normalized spacial score (nSPS) is 17.4. The van der Waals surface area contributed by atoms with Gasteiger partial charge in [-0.2, -0.15) is 0 Å². The Hall–Kier alpha value is -1.62. The molecule has 1 aromatic heterocycles. The van der Waals surface area contributed by atoms with E-state index in [2.05, 4.69) is 9.88 Å². The van der Waals surface area contributed by atoms with Crippen LogP contribution in [0.1, 0.15) is 23.3 Å². The van der Waals surface area contributed by atoms with Gasteiger partial charge in [-0.05, 0) is 25.0 Å². The van der Waals surface area contributed by atoms with E-state index in [1.165, 1.54) is 0 Å². The van der Waals surface area contributed by atoms with Gasteiger partial charge in [0.2, 0.25) is 0 Å². The zero-order chi connectivity index (χ0) is 11.5. The molecule has 2 rings (SSSR count). The predicted molar refractivity (Wildman–Crippen MR) is 62.2 cm³/mol. The van der Waals surface area contributed by atoms with Crippen molar-refractivity contribution in [3.63, 3.8) is 0 Å². The Balaban J connectivity index is 2.14. The van der Waals surface area contributed by atoms with Crippen molar-refractivity contribution in [3.05, 3.63) is 24.0 Å². The highest BCUT2D eigenvalue weighted by molar-refractivity contribution is 5.91. The van der Waals surface area contributed by atoms with E-state index in [-0.39, 0.29) is 0 Å². The van der Waals surface area contributed by atoms with Crippen LogP contribution >= 0.6 is 0 Å². The number of nitrogens with zero attached hydrogens (tertiary/aromatic N) is 2.